The van der Waals surface area contributed by atoms with E-state index < -0.39 is 23.4 Å². The van der Waals surface area contributed by atoms with Gasteiger partial charge in [-0.3, -0.25) is 4.79 Å². The first-order valence-corrected chi connectivity index (χ1v) is 4.88. The summed E-state index contributed by atoms with van der Waals surface area (Å²) in [6.45, 7) is 1.92. The molecule has 1 rings (SSSR count). The van der Waals surface area contributed by atoms with Gasteiger partial charge < -0.3 is 5.32 Å². The Morgan fingerprint density at radius 1 is 1.29 bits per heavy atom. The van der Waals surface area contributed by atoms with Crippen LogP contribution in [-0.4, -0.2) is 12.5 Å². The minimum absolute atomic E-state index is 0.258. The maximum atomic E-state index is 12.8. The molecule has 5 heteroatoms. The normalized spacial score (nSPS) is 9.41. The van der Waals surface area contributed by atoms with Gasteiger partial charge in [-0.15, -0.1) is 11.8 Å². The Kier molecular flexibility index (Phi) is 4.58. The smallest absolute Gasteiger partial charge is 0.251 e. The van der Waals surface area contributed by atoms with Crippen LogP contribution in [-0.2, 0) is 0 Å². The molecule has 0 aromatic heterocycles. The maximum Gasteiger partial charge on any atom is 0.251 e. The van der Waals surface area contributed by atoms with Gasteiger partial charge in [0.15, 0.2) is 17.5 Å². The van der Waals surface area contributed by atoms with Crippen molar-refractivity contribution in [2.75, 3.05) is 6.54 Å². The van der Waals surface area contributed by atoms with Crippen LogP contribution in [0.1, 0.15) is 23.7 Å². The van der Waals surface area contributed by atoms with Gasteiger partial charge in [0.05, 0.1) is 0 Å². The predicted molar refractivity (Wildman–Crippen MR) is 56.7 cm³/mol. The van der Waals surface area contributed by atoms with Gasteiger partial charge in [-0.05, 0) is 19.1 Å². The Labute approximate surface area is 96.8 Å². The first-order valence-electron chi connectivity index (χ1n) is 4.88. The van der Waals surface area contributed by atoms with Crippen molar-refractivity contribution in [2.45, 2.75) is 13.3 Å². The van der Waals surface area contributed by atoms with Crippen LogP contribution in [0.25, 0.3) is 0 Å². The summed E-state index contributed by atoms with van der Waals surface area (Å²) >= 11 is 0. The summed E-state index contributed by atoms with van der Waals surface area (Å²) in [4.78, 5) is 11.4. The molecule has 0 unspecified atom stereocenters. The van der Waals surface area contributed by atoms with Crippen molar-refractivity contribution in [3.8, 4) is 11.8 Å². The highest BCUT2D eigenvalue weighted by Crippen LogP contribution is 2.13. The summed E-state index contributed by atoms with van der Waals surface area (Å²) in [7, 11) is 0. The third-order valence-corrected chi connectivity index (χ3v) is 1.96. The lowest BCUT2D eigenvalue weighted by Crippen LogP contribution is -2.24. The lowest BCUT2D eigenvalue weighted by Gasteiger charge is -2.04. The van der Waals surface area contributed by atoms with Crippen molar-refractivity contribution < 1.29 is 18.0 Å². The van der Waals surface area contributed by atoms with E-state index in [0.29, 0.717) is 18.6 Å². The molecule has 0 atom stereocenters. The van der Waals surface area contributed by atoms with Crippen molar-refractivity contribution in [2.24, 2.45) is 0 Å². The van der Waals surface area contributed by atoms with Gasteiger partial charge in [0.1, 0.15) is 0 Å². The van der Waals surface area contributed by atoms with Crippen molar-refractivity contribution in [3.05, 3.63) is 35.1 Å². The second kappa shape index (κ2) is 5.94. The molecule has 1 aromatic rings. The number of amides is 1. The SMILES string of the molecule is CC#CCCNC(=O)c1cc(F)c(F)c(F)c1. The first kappa shape index (κ1) is 13.1. The third-order valence-electron chi connectivity index (χ3n) is 1.96. The molecule has 0 heterocycles. The zero-order valence-electron chi connectivity index (χ0n) is 9.11. The second-order valence-corrected chi connectivity index (χ2v) is 3.19. The fourth-order valence-corrected chi connectivity index (χ4v) is 1.15. The standard InChI is InChI=1S/C12H10F3NO/c1-2-3-4-5-16-12(17)8-6-9(13)11(15)10(14)7-8/h6-7H,4-5H2,1H3,(H,16,17). The van der Waals surface area contributed by atoms with Crippen LogP contribution in [0.4, 0.5) is 13.2 Å². The van der Waals surface area contributed by atoms with E-state index in [4.69, 9.17) is 0 Å². The number of carbonyl (C=O) groups is 1. The lowest BCUT2D eigenvalue weighted by molar-refractivity contribution is 0.0953. The molecule has 1 N–H and O–H groups in total. The highest BCUT2D eigenvalue weighted by Gasteiger charge is 2.14. The summed E-state index contributed by atoms with van der Waals surface area (Å²) in [5, 5.41) is 2.41. The summed E-state index contributed by atoms with van der Waals surface area (Å²) < 4.78 is 38.3. The van der Waals surface area contributed by atoms with Crippen LogP contribution in [0, 0.1) is 29.3 Å². The van der Waals surface area contributed by atoms with E-state index in [1.807, 2.05) is 0 Å². The molecule has 0 saturated heterocycles. The van der Waals surface area contributed by atoms with Crippen molar-refractivity contribution in [3.63, 3.8) is 0 Å². The molecule has 0 aliphatic heterocycles. The molecule has 0 spiro atoms. The fourth-order valence-electron chi connectivity index (χ4n) is 1.15. The molecule has 0 saturated carbocycles. The van der Waals surface area contributed by atoms with Gasteiger partial charge in [-0.2, -0.15) is 0 Å². The summed E-state index contributed by atoms with van der Waals surface area (Å²) in [6, 6.07) is 1.30. The van der Waals surface area contributed by atoms with Crippen LogP contribution < -0.4 is 5.32 Å². The van der Waals surface area contributed by atoms with E-state index >= 15 is 0 Å². The highest BCUT2D eigenvalue weighted by molar-refractivity contribution is 5.94. The molecule has 2 nitrogen and oxygen atoms in total. The van der Waals surface area contributed by atoms with E-state index in [1.165, 1.54) is 0 Å². The lowest BCUT2D eigenvalue weighted by atomic mass is 10.2. The number of benzene rings is 1. The van der Waals surface area contributed by atoms with Crippen LogP contribution in [0.15, 0.2) is 12.1 Å². The van der Waals surface area contributed by atoms with Crippen LogP contribution in [0.2, 0.25) is 0 Å². The van der Waals surface area contributed by atoms with Gasteiger partial charge in [0, 0.05) is 18.5 Å². The summed E-state index contributed by atoms with van der Waals surface area (Å²) in [5.41, 5.74) is -0.258. The van der Waals surface area contributed by atoms with Crippen LogP contribution in [0.3, 0.4) is 0 Å². The zero-order valence-corrected chi connectivity index (χ0v) is 9.11. The Morgan fingerprint density at radius 2 is 1.88 bits per heavy atom. The second-order valence-electron chi connectivity index (χ2n) is 3.19. The number of rotatable bonds is 3. The minimum Gasteiger partial charge on any atom is -0.351 e. The van der Waals surface area contributed by atoms with E-state index in [-0.39, 0.29) is 12.1 Å². The van der Waals surface area contributed by atoms with E-state index in [0.717, 1.165) is 0 Å². The number of nitrogens with one attached hydrogen (secondary N) is 1. The Bertz CT molecular complexity index is 465. The Balaban J connectivity index is 2.72. The molecular weight excluding hydrogens is 231 g/mol. The van der Waals surface area contributed by atoms with E-state index in [9.17, 15) is 18.0 Å². The zero-order chi connectivity index (χ0) is 12.8. The number of carbonyl (C=O) groups excluding carboxylic acids is 1. The van der Waals surface area contributed by atoms with Crippen LogP contribution in [0.5, 0.6) is 0 Å². The van der Waals surface area contributed by atoms with Gasteiger partial charge >= 0.3 is 0 Å². The summed E-state index contributed by atoms with van der Waals surface area (Å²) in [5.74, 6) is 0.328. The van der Waals surface area contributed by atoms with Crippen molar-refractivity contribution in [1.29, 1.82) is 0 Å². The van der Waals surface area contributed by atoms with Gasteiger partial charge in [0.2, 0.25) is 0 Å². The van der Waals surface area contributed by atoms with Crippen molar-refractivity contribution in [1.82, 2.24) is 5.32 Å². The number of hydrogen-bond donors (Lipinski definition) is 1. The van der Waals surface area contributed by atoms with Crippen LogP contribution >= 0.6 is 0 Å². The van der Waals surface area contributed by atoms with Crippen molar-refractivity contribution >= 4 is 5.91 Å². The molecule has 90 valence electrons. The summed E-state index contributed by atoms with van der Waals surface area (Å²) in [6.07, 6.45) is 0.439. The molecule has 1 amide bonds. The fraction of sp³-hybridized carbons (Fsp3) is 0.250. The minimum atomic E-state index is -1.58. The largest absolute Gasteiger partial charge is 0.351 e. The highest BCUT2D eigenvalue weighted by atomic mass is 19.2. The topological polar surface area (TPSA) is 29.1 Å². The molecular formula is C12H10F3NO. The molecule has 0 fully saturated rings. The van der Waals surface area contributed by atoms with Gasteiger partial charge in [0.25, 0.3) is 5.91 Å². The Morgan fingerprint density at radius 3 is 2.41 bits per heavy atom. The van der Waals surface area contributed by atoms with Gasteiger partial charge in [-0.1, -0.05) is 0 Å². The third kappa shape index (κ3) is 3.52. The molecule has 1 aromatic carbocycles. The van der Waals surface area contributed by atoms with Gasteiger partial charge in [-0.25, -0.2) is 13.2 Å². The number of halogens is 3. The Hall–Kier alpha value is -1.96. The number of hydrogen-bond acceptors (Lipinski definition) is 1. The molecule has 17 heavy (non-hydrogen) atoms. The average molecular weight is 241 g/mol. The average Bonchev–Trinajstić information content (AvgIpc) is 2.30. The van der Waals surface area contributed by atoms with E-state index in [1.54, 1.807) is 6.92 Å². The molecule has 0 radical (unpaired) electrons. The maximum absolute atomic E-state index is 12.8. The molecule has 0 aliphatic carbocycles. The molecule has 0 aliphatic rings. The molecule has 0 bridgehead atoms. The van der Waals surface area contributed by atoms with E-state index in [2.05, 4.69) is 17.2 Å². The quantitative estimate of drug-likeness (QED) is 0.491. The first-order chi connectivity index (χ1) is 8.06. The monoisotopic (exact) mass is 241 g/mol. The predicted octanol–water partition coefficient (Wildman–Crippen LogP) is 2.25.